The normalized spacial score (nSPS) is 14.0. The molecule has 0 saturated carbocycles. The SMILES string of the molecule is CCNC(=NCc1ccc(N2CCOCC2)cc1)NCc1ccccc1Cn1cccn1.I. The van der Waals surface area contributed by atoms with Crippen LogP contribution in [0.4, 0.5) is 5.69 Å². The third-order valence-electron chi connectivity index (χ3n) is 5.53. The number of nitrogens with zero attached hydrogens (tertiary/aromatic N) is 4. The van der Waals surface area contributed by atoms with Crippen LogP contribution in [0, 0.1) is 0 Å². The van der Waals surface area contributed by atoms with Gasteiger partial charge in [-0.15, -0.1) is 24.0 Å². The maximum absolute atomic E-state index is 5.44. The van der Waals surface area contributed by atoms with Gasteiger partial charge in [0.1, 0.15) is 0 Å². The molecule has 1 aromatic heterocycles. The molecule has 0 amide bonds. The molecule has 0 aliphatic carbocycles. The van der Waals surface area contributed by atoms with E-state index < -0.39 is 0 Å². The fourth-order valence-corrected chi connectivity index (χ4v) is 3.78. The summed E-state index contributed by atoms with van der Waals surface area (Å²) in [6, 6.07) is 19.1. The van der Waals surface area contributed by atoms with Gasteiger partial charge in [-0.05, 0) is 41.8 Å². The Labute approximate surface area is 213 Å². The third-order valence-corrected chi connectivity index (χ3v) is 5.53. The van der Waals surface area contributed by atoms with Crippen LogP contribution in [0.25, 0.3) is 0 Å². The number of halogens is 1. The number of anilines is 1. The second-order valence-corrected chi connectivity index (χ2v) is 7.79. The number of rotatable bonds is 8. The van der Waals surface area contributed by atoms with E-state index in [0.717, 1.165) is 45.4 Å². The molecule has 0 radical (unpaired) electrons. The second kappa shape index (κ2) is 13.2. The Hall–Kier alpha value is -2.59. The monoisotopic (exact) mass is 560 g/mol. The van der Waals surface area contributed by atoms with Crippen molar-refractivity contribution in [2.45, 2.75) is 26.6 Å². The molecule has 0 unspecified atom stereocenters. The first kappa shape index (κ1) is 25.0. The zero-order valence-electron chi connectivity index (χ0n) is 19.1. The zero-order valence-corrected chi connectivity index (χ0v) is 21.4. The molecule has 0 spiro atoms. The number of hydrogen-bond donors (Lipinski definition) is 2. The van der Waals surface area contributed by atoms with E-state index in [0.29, 0.717) is 13.1 Å². The molecule has 1 fully saturated rings. The smallest absolute Gasteiger partial charge is 0.191 e. The Morgan fingerprint density at radius 3 is 2.45 bits per heavy atom. The summed E-state index contributed by atoms with van der Waals surface area (Å²) in [5, 5.41) is 11.2. The summed E-state index contributed by atoms with van der Waals surface area (Å²) in [6.07, 6.45) is 3.80. The second-order valence-electron chi connectivity index (χ2n) is 7.79. The van der Waals surface area contributed by atoms with E-state index in [2.05, 4.69) is 76.1 Å². The fraction of sp³-hybridized carbons (Fsp3) is 0.360. The Morgan fingerprint density at radius 1 is 1.00 bits per heavy atom. The van der Waals surface area contributed by atoms with Crippen molar-refractivity contribution in [1.82, 2.24) is 20.4 Å². The minimum absolute atomic E-state index is 0. The number of hydrogen-bond acceptors (Lipinski definition) is 4. The van der Waals surface area contributed by atoms with Crippen molar-refractivity contribution in [3.63, 3.8) is 0 Å². The van der Waals surface area contributed by atoms with Crippen LogP contribution < -0.4 is 15.5 Å². The summed E-state index contributed by atoms with van der Waals surface area (Å²) >= 11 is 0. The van der Waals surface area contributed by atoms with Crippen molar-refractivity contribution in [2.24, 2.45) is 4.99 Å². The lowest BCUT2D eigenvalue weighted by Gasteiger charge is -2.28. The van der Waals surface area contributed by atoms with Gasteiger partial charge in [0.2, 0.25) is 0 Å². The van der Waals surface area contributed by atoms with Crippen LogP contribution in [0.5, 0.6) is 0 Å². The lowest BCUT2D eigenvalue weighted by atomic mass is 10.1. The van der Waals surface area contributed by atoms with Gasteiger partial charge < -0.3 is 20.3 Å². The predicted octanol–water partition coefficient (Wildman–Crippen LogP) is 3.64. The molecule has 1 aliphatic rings. The molecule has 3 aromatic rings. The summed E-state index contributed by atoms with van der Waals surface area (Å²) in [6.45, 7) is 8.50. The van der Waals surface area contributed by atoms with Gasteiger partial charge in [0.25, 0.3) is 0 Å². The molecule has 33 heavy (non-hydrogen) atoms. The average Bonchev–Trinajstić information content (AvgIpc) is 3.36. The summed E-state index contributed by atoms with van der Waals surface area (Å²) in [4.78, 5) is 7.15. The minimum Gasteiger partial charge on any atom is -0.378 e. The van der Waals surface area contributed by atoms with E-state index in [4.69, 9.17) is 9.73 Å². The molecule has 0 atom stereocenters. The molecule has 7 nitrogen and oxygen atoms in total. The van der Waals surface area contributed by atoms with Crippen LogP contribution in [0.15, 0.2) is 72.0 Å². The van der Waals surface area contributed by atoms with Gasteiger partial charge in [0, 0.05) is 44.3 Å². The Balaban J connectivity index is 0.00000306. The van der Waals surface area contributed by atoms with Crippen LogP contribution in [0.1, 0.15) is 23.6 Å². The molecule has 2 aromatic carbocycles. The summed E-state index contributed by atoms with van der Waals surface area (Å²) in [5.74, 6) is 0.818. The van der Waals surface area contributed by atoms with E-state index in [9.17, 15) is 0 Å². The van der Waals surface area contributed by atoms with Crippen molar-refractivity contribution in [1.29, 1.82) is 0 Å². The molecule has 8 heteroatoms. The van der Waals surface area contributed by atoms with Crippen molar-refractivity contribution in [2.75, 3.05) is 37.7 Å². The zero-order chi connectivity index (χ0) is 22.0. The topological polar surface area (TPSA) is 66.7 Å². The first-order valence-electron chi connectivity index (χ1n) is 11.3. The molecular weight excluding hydrogens is 527 g/mol. The molecule has 4 rings (SSSR count). The van der Waals surface area contributed by atoms with Crippen molar-refractivity contribution < 1.29 is 4.74 Å². The van der Waals surface area contributed by atoms with E-state index in [1.54, 1.807) is 0 Å². The van der Waals surface area contributed by atoms with Gasteiger partial charge >= 0.3 is 0 Å². The quantitative estimate of drug-likeness (QED) is 0.250. The van der Waals surface area contributed by atoms with Gasteiger partial charge in [-0.1, -0.05) is 36.4 Å². The van der Waals surface area contributed by atoms with Crippen molar-refractivity contribution in [3.05, 3.63) is 83.7 Å². The Morgan fingerprint density at radius 2 is 1.76 bits per heavy atom. The van der Waals surface area contributed by atoms with Gasteiger partial charge in [-0.2, -0.15) is 5.10 Å². The Bertz CT molecular complexity index is 984. The highest BCUT2D eigenvalue weighted by molar-refractivity contribution is 14.0. The van der Waals surface area contributed by atoms with Crippen LogP contribution in [-0.4, -0.2) is 48.6 Å². The maximum Gasteiger partial charge on any atom is 0.191 e. The van der Waals surface area contributed by atoms with E-state index >= 15 is 0 Å². The van der Waals surface area contributed by atoms with Gasteiger partial charge in [-0.25, -0.2) is 4.99 Å². The van der Waals surface area contributed by atoms with E-state index in [1.165, 1.54) is 22.4 Å². The highest BCUT2D eigenvalue weighted by atomic mass is 127. The highest BCUT2D eigenvalue weighted by Gasteiger charge is 2.10. The molecule has 176 valence electrons. The molecular formula is C25H33IN6O. The number of nitrogens with one attached hydrogen (secondary N) is 2. The molecule has 1 saturated heterocycles. The van der Waals surface area contributed by atoms with Crippen LogP contribution in [0.2, 0.25) is 0 Å². The van der Waals surface area contributed by atoms with E-state index in [-0.39, 0.29) is 24.0 Å². The first-order valence-corrected chi connectivity index (χ1v) is 11.3. The third kappa shape index (κ3) is 7.46. The first-order chi connectivity index (χ1) is 15.8. The van der Waals surface area contributed by atoms with Gasteiger partial charge in [0.15, 0.2) is 5.96 Å². The number of aliphatic imine (C=N–C) groups is 1. The van der Waals surface area contributed by atoms with Crippen molar-refractivity contribution >= 4 is 35.6 Å². The van der Waals surface area contributed by atoms with Crippen LogP contribution in [-0.2, 0) is 24.4 Å². The Kier molecular flexibility index (Phi) is 10.0. The highest BCUT2D eigenvalue weighted by Crippen LogP contribution is 2.17. The number of ether oxygens (including phenoxy) is 1. The average molecular weight is 560 g/mol. The number of morpholine rings is 1. The molecule has 1 aliphatic heterocycles. The lowest BCUT2D eigenvalue weighted by molar-refractivity contribution is 0.122. The van der Waals surface area contributed by atoms with Gasteiger partial charge in [-0.3, -0.25) is 4.68 Å². The summed E-state index contributed by atoms with van der Waals surface area (Å²) < 4.78 is 7.39. The van der Waals surface area contributed by atoms with Crippen LogP contribution in [0.3, 0.4) is 0 Å². The summed E-state index contributed by atoms with van der Waals surface area (Å²) in [5.41, 5.74) is 4.93. The maximum atomic E-state index is 5.44. The lowest BCUT2D eigenvalue weighted by Crippen LogP contribution is -2.37. The number of benzene rings is 2. The standard InChI is InChI=1S/C25H32N6O.HI/c1-2-26-25(27-18-21-8-10-24(11-9-21)30-14-16-32-17-15-30)28-19-22-6-3-4-7-23(22)20-31-13-5-12-29-31;/h3-13H,2,14-20H2,1H3,(H2,26,27,28);1H. The molecule has 2 heterocycles. The fourth-order valence-electron chi connectivity index (χ4n) is 3.78. The number of aromatic nitrogens is 2. The van der Waals surface area contributed by atoms with E-state index in [1.807, 2.05) is 23.1 Å². The summed E-state index contributed by atoms with van der Waals surface area (Å²) in [7, 11) is 0. The van der Waals surface area contributed by atoms with Gasteiger partial charge in [0.05, 0.1) is 26.3 Å². The van der Waals surface area contributed by atoms with Crippen molar-refractivity contribution in [3.8, 4) is 0 Å². The molecule has 2 N–H and O–H groups in total. The number of guanidine groups is 1. The largest absolute Gasteiger partial charge is 0.378 e. The minimum atomic E-state index is 0. The molecule has 0 bridgehead atoms. The van der Waals surface area contributed by atoms with Crippen LogP contribution >= 0.6 is 24.0 Å². The predicted molar refractivity (Wildman–Crippen MR) is 144 cm³/mol.